The lowest BCUT2D eigenvalue weighted by atomic mass is 10.3. The van der Waals surface area contributed by atoms with Crippen LogP contribution in [0, 0.1) is 0 Å². The van der Waals surface area contributed by atoms with Crippen LogP contribution in [0.3, 0.4) is 0 Å². The number of aromatic nitrogens is 4. The molecule has 2 aromatic heterocycles. The third kappa shape index (κ3) is 3.20. The number of hydrogen-bond donors (Lipinski definition) is 1. The first-order valence-electron chi connectivity index (χ1n) is 6.86. The van der Waals surface area contributed by atoms with Crippen molar-refractivity contribution in [2.45, 2.75) is 12.8 Å². The maximum absolute atomic E-state index is 11.3. The highest BCUT2D eigenvalue weighted by Gasteiger charge is 2.11. The van der Waals surface area contributed by atoms with Gasteiger partial charge in [0.05, 0.1) is 24.2 Å². The molecule has 22 heavy (non-hydrogen) atoms. The Labute approximate surface area is 127 Å². The molecule has 0 saturated carbocycles. The molecular weight excluding hydrogens is 282 g/mol. The highest BCUT2D eigenvalue weighted by Crippen LogP contribution is 2.10. The van der Waals surface area contributed by atoms with Crippen molar-refractivity contribution in [2.75, 3.05) is 7.05 Å². The first-order valence-corrected chi connectivity index (χ1v) is 6.86. The first-order chi connectivity index (χ1) is 10.7. The number of amides is 1. The lowest BCUT2D eigenvalue weighted by molar-refractivity contribution is -0.120. The molecule has 1 N–H and O–H groups in total. The number of hydrogen-bond acceptors (Lipinski definition) is 5. The van der Waals surface area contributed by atoms with E-state index in [0.29, 0.717) is 18.1 Å². The molecule has 112 valence electrons. The SMILES string of the molecule is CNC(=O)Cc1noc(Cc2ccn(-c3ccccc3)n2)n1. The standard InChI is InChI=1S/C15H15N5O2/c1-16-14(21)10-13-17-15(22-19-13)9-11-7-8-20(18-11)12-5-3-2-4-6-12/h2-8H,9-10H2,1H3,(H,16,21). The molecule has 0 spiro atoms. The molecular formula is C15H15N5O2. The van der Waals surface area contributed by atoms with Gasteiger partial charge in [0.25, 0.3) is 0 Å². The quantitative estimate of drug-likeness (QED) is 0.763. The van der Waals surface area contributed by atoms with Crippen molar-refractivity contribution in [3.8, 4) is 5.69 Å². The number of carbonyl (C=O) groups excluding carboxylic acids is 1. The Morgan fingerprint density at radius 2 is 2.09 bits per heavy atom. The van der Waals surface area contributed by atoms with E-state index in [1.165, 1.54) is 0 Å². The van der Waals surface area contributed by atoms with Crippen LogP contribution in [0.5, 0.6) is 0 Å². The molecule has 0 saturated heterocycles. The van der Waals surface area contributed by atoms with Gasteiger partial charge in [0.1, 0.15) is 0 Å². The second-order valence-corrected chi connectivity index (χ2v) is 4.72. The highest BCUT2D eigenvalue weighted by atomic mass is 16.5. The molecule has 0 fully saturated rings. The minimum absolute atomic E-state index is 0.110. The average molecular weight is 297 g/mol. The molecule has 0 radical (unpaired) electrons. The summed E-state index contributed by atoms with van der Waals surface area (Å²) in [5.74, 6) is 0.662. The predicted octanol–water partition coefficient (Wildman–Crippen LogP) is 1.13. The molecule has 3 rings (SSSR count). The summed E-state index contributed by atoms with van der Waals surface area (Å²) in [5, 5.41) is 10.8. The van der Waals surface area contributed by atoms with Crippen LogP contribution in [-0.2, 0) is 17.6 Å². The van der Waals surface area contributed by atoms with Crippen molar-refractivity contribution in [2.24, 2.45) is 0 Å². The Hall–Kier alpha value is -2.96. The fourth-order valence-electron chi connectivity index (χ4n) is 2.00. The maximum atomic E-state index is 11.3. The number of benzene rings is 1. The summed E-state index contributed by atoms with van der Waals surface area (Å²) in [4.78, 5) is 15.4. The molecule has 0 aliphatic heterocycles. The van der Waals surface area contributed by atoms with Crippen molar-refractivity contribution < 1.29 is 9.32 Å². The molecule has 0 bridgehead atoms. The average Bonchev–Trinajstić information content (AvgIpc) is 3.18. The van der Waals surface area contributed by atoms with Gasteiger partial charge < -0.3 is 9.84 Å². The van der Waals surface area contributed by atoms with Crippen molar-refractivity contribution in [3.63, 3.8) is 0 Å². The Balaban J connectivity index is 1.69. The number of likely N-dealkylation sites (N-methyl/N-ethyl adjacent to an activating group) is 1. The van der Waals surface area contributed by atoms with E-state index in [1.807, 2.05) is 42.6 Å². The lowest BCUT2D eigenvalue weighted by Crippen LogP contribution is -2.20. The van der Waals surface area contributed by atoms with E-state index in [2.05, 4.69) is 20.6 Å². The Bertz CT molecular complexity index is 763. The smallest absolute Gasteiger partial charge is 0.232 e. The Morgan fingerprint density at radius 1 is 1.27 bits per heavy atom. The predicted molar refractivity (Wildman–Crippen MR) is 78.4 cm³/mol. The second-order valence-electron chi connectivity index (χ2n) is 4.72. The third-order valence-electron chi connectivity index (χ3n) is 3.11. The van der Waals surface area contributed by atoms with Gasteiger partial charge in [-0.05, 0) is 18.2 Å². The molecule has 0 unspecified atom stereocenters. The summed E-state index contributed by atoms with van der Waals surface area (Å²) in [7, 11) is 1.57. The molecule has 1 amide bonds. The summed E-state index contributed by atoms with van der Waals surface area (Å²) in [5.41, 5.74) is 1.80. The maximum Gasteiger partial charge on any atom is 0.232 e. The van der Waals surface area contributed by atoms with Crippen LogP contribution in [-0.4, -0.2) is 32.9 Å². The largest absolute Gasteiger partial charge is 0.359 e. The fraction of sp³-hybridized carbons (Fsp3) is 0.200. The Morgan fingerprint density at radius 3 is 2.86 bits per heavy atom. The van der Waals surface area contributed by atoms with Gasteiger partial charge in [0.2, 0.25) is 11.8 Å². The third-order valence-corrected chi connectivity index (χ3v) is 3.11. The molecule has 7 heteroatoms. The van der Waals surface area contributed by atoms with Gasteiger partial charge in [-0.1, -0.05) is 23.4 Å². The van der Waals surface area contributed by atoms with Crippen molar-refractivity contribution in [3.05, 3.63) is 60.0 Å². The Kier molecular flexibility index (Phi) is 3.95. The van der Waals surface area contributed by atoms with Gasteiger partial charge in [-0.25, -0.2) is 4.68 Å². The summed E-state index contributed by atoms with van der Waals surface area (Å²) >= 11 is 0. The molecule has 7 nitrogen and oxygen atoms in total. The molecule has 1 aromatic carbocycles. The molecule has 0 aliphatic rings. The van der Waals surface area contributed by atoms with Crippen molar-refractivity contribution >= 4 is 5.91 Å². The minimum atomic E-state index is -0.152. The van der Waals surface area contributed by atoms with Gasteiger partial charge in [0, 0.05) is 13.2 Å². The lowest BCUT2D eigenvalue weighted by Gasteiger charge is -1.99. The summed E-state index contributed by atoms with van der Waals surface area (Å²) < 4.78 is 6.93. The second kappa shape index (κ2) is 6.21. The van der Waals surface area contributed by atoms with E-state index in [4.69, 9.17) is 4.52 Å². The van der Waals surface area contributed by atoms with Gasteiger partial charge in [-0.3, -0.25) is 4.79 Å². The molecule has 0 aliphatic carbocycles. The van der Waals surface area contributed by atoms with Gasteiger partial charge in [0.15, 0.2) is 5.82 Å². The van der Waals surface area contributed by atoms with E-state index in [-0.39, 0.29) is 12.3 Å². The first kappa shape index (κ1) is 14.0. The van der Waals surface area contributed by atoms with Crippen LogP contribution in [0.2, 0.25) is 0 Å². The zero-order valence-electron chi connectivity index (χ0n) is 12.1. The minimum Gasteiger partial charge on any atom is -0.359 e. The summed E-state index contributed by atoms with van der Waals surface area (Å²) in [6.07, 6.45) is 2.42. The van der Waals surface area contributed by atoms with Crippen molar-refractivity contribution in [1.29, 1.82) is 0 Å². The normalized spacial score (nSPS) is 10.6. The van der Waals surface area contributed by atoms with Crippen LogP contribution in [0.15, 0.2) is 47.1 Å². The van der Waals surface area contributed by atoms with E-state index < -0.39 is 0 Å². The van der Waals surface area contributed by atoms with Crippen LogP contribution < -0.4 is 5.32 Å². The van der Waals surface area contributed by atoms with Gasteiger partial charge in [-0.2, -0.15) is 10.1 Å². The zero-order valence-corrected chi connectivity index (χ0v) is 12.1. The summed E-state index contributed by atoms with van der Waals surface area (Å²) in [6.45, 7) is 0. The van der Waals surface area contributed by atoms with Gasteiger partial charge in [-0.15, -0.1) is 0 Å². The van der Waals surface area contributed by atoms with E-state index in [9.17, 15) is 4.79 Å². The highest BCUT2D eigenvalue weighted by molar-refractivity contribution is 5.77. The van der Waals surface area contributed by atoms with Gasteiger partial charge >= 0.3 is 0 Å². The molecule has 0 atom stereocenters. The van der Waals surface area contributed by atoms with Crippen LogP contribution in [0.1, 0.15) is 17.4 Å². The monoisotopic (exact) mass is 297 g/mol. The number of nitrogens with zero attached hydrogens (tertiary/aromatic N) is 4. The van der Waals surface area contributed by atoms with E-state index in [1.54, 1.807) is 11.7 Å². The van der Waals surface area contributed by atoms with Crippen LogP contribution >= 0.6 is 0 Å². The van der Waals surface area contributed by atoms with E-state index >= 15 is 0 Å². The number of para-hydroxylation sites is 1. The number of nitrogens with one attached hydrogen (secondary N) is 1. The van der Waals surface area contributed by atoms with E-state index in [0.717, 1.165) is 11.4 Å². The van der Waals surface area contributed by atoms with Crippen LogP contribution in [0.25, 0.3) is 5.69 Å². The van der Waals surface area contributed by atoms with Crippen molar-refractivity contribution in [1.82, 2.24) is 25.2 Å². The summed E-state index contributed by atoms with van der Waals surface area (Å²) in [6, 6.07) is 11.7. The molecule has 3 aromatic rings. The topological polar surface area (TPSA) is 85.8 Å². The molecule has 2 heterocycles. The number of rotatable bonds is 5. The zero-order chi connectivity index (χ0) is 15.4. The fourth-order valence-corrected chi connectivity index (χ4v) is 2.00. The van der Waals surface area contributed by atoms with Crippen LogP contribution in [0.4, 0.5) is 0 Å². The number of carbonyl (C=O) groups is 1.